The van der Waals surface area contributed by atoms with Crippen LogP contribution in [0.3, 0.4) is 0 Å². The molecule has 0 bridgehead atoms. The lowest BCUT2D eigenvalue weighted by molar-refractivity contribution is 0.0551. The second-order valence-corrected chi connectivity index (χ2v) is 5.08. The van der Waals surface area contributed by atoms with E-state index in [-0.39, 0.29) is 5.91 Å². The first-order valence-electron chi connectivity index (χ1n) is 6.51. The van der Waals surface area contributed by atoms with Crippen LogP contribution in [0.4, 0.5) is 5.69 Å². The number of carbonyl (C=O) groups excluding carboxylic acids is 1. The van der Waals surface area contributed by atoms with E-state index in [0.29, 0.717) is 12.0 Å². The fourth-order valence-electron chi connectivity index (χ4n) is 2.50. The SMILES string of the molecule is CC1CCCN(C(=O)c2ccc(NN)cc2)C1C. The standard InChI is InChI=1S/C14H21N3O/c1-10-4-3-9-17(11(10)2)14(18)12-5-7-13(16-15)8-6-12/h5-8,10-11,16H,3-4,9,15H2,1-2H3. The number of nitrogens with two attached hydrogens (primary N) is 1. The maximum Gasteiger partial charge on any atom is 0.254 e. The number of nitrogen functional groups attached to an aromatic ring is 1. The minimum Gasteiger partial charge on any atom is -0.336 e. The van der Waals surface area contributed by atoms with Crippen LogP contribution in [0.15, 0.2) is 24.3 Å². The van der Waals surface area contributed by atoms with Gasteiger partial charge in [-0.2, -0.15) is 0 Å². The van der Waals surface area contributed by atoms with Gasteiger partial charge in [-0.1, -0.05) is 6.92 Å². The van der Waals surface area contributed by atoms with E-state index in [4.69, 9.17) is 5.84 Å². The number of hydrogen-bond acceptors (Lipinski definition) is 3. The lowest BCUT2D eigenvalue weighted by Crippen LogP contribution is -2.46. The molecule has 1 aliphatic rings. The van der Waals surface area contributed by atoms with Gasteiger partial charge in [0.2, 0.25) is 0 Å². The molecule has 2 atom stereocenters. The first-order chi connectivity index (χ1) is 8.63. The third-order valence-corrected chi connectivity index (χ3v) is 3.93. The Morgan fingerprint density at radius 3 is 2.61 bits per heavy atom. The lowest BCUT2D eigenvalue weighted by atomic mass is 9.91. The quantitative estimate of drug-likeness (QED) is 0.622. The van der Waals surface area contributed by atoms with Crippen molar-refractivity contribution in [1.82, 2.24) is 4.90 Å². The normalized spacial score (nSPS) is 23.8. The molecule has 98 valence electrons. The fourth-order valence-corrected chi connectivity index (χ4v) is 2.50. The minimum absolute atomic E-state index is 0.123. The molecule has 1 aromatic carbocycles. The molecular weight excluding hydrogens is 226 g/mol. The smallest absolute Gasteiger partial charge is 0.254 e. The molecule has 1 aromatic rings. The maximum atomic E-state index is 12.4. The zero-order valence-electron chi connectivity index (χ0n) is 11.0. The first kappa shape index (κ1) is 12.9. The van der Waals surface area contributed by atoms with Crippen molar-refractivity contribution in [3.63, 3.8) is 0 Å². The summed E-state index contributed by atoms with van der Waals surface area (Å²) in [7, 11) is 0. The third-order valence-electron chi connectivity index (χ3n) is 3.93. The number of benzene rings is 1. The van der Waals surface area contributed by atoms with Gasteiger partial charge in [-0.15, -0.1) is 0 Å². The summed E-state index contributed by atoms with van der Waals surface area (Å²) >= 11 is 0. The summed E-state index contributed by atoms with van der Waals surface area (Å²) in [6, 6.07) is 7.61. The van der Waals surface area contributed by atoms with Crippen molar-refractivity contribution < 1.29 is 4.79 Å². The number of nitrogens with zero attached hydrogens (tertiary/aromatic N) is 1. The molecule has 2 rings (SSSR count). The van der Waals surface area contributed by atoms with E-state index in [1.54, 1.807) is 0 Å². The number of carbonyl (C=O) groups is 1. The predicted molar refractivity (Wildman–Crippen MR) is 73.1 cm³/mol. The van der Waals surface area contributed by atoms with E-state index in [9.17, 15) is 4.79 Å². The monoisotopic (exact) mass is 247 g/mol. The Morgan fingerprint density at radius 1 is 1.33 bits per heavy atom. The summed E-state index contributed by atoms with van der Waals surface area (Å²) in [6.45, 7) is 5.21. The number of rotatable bonds is 2. The topological polar surface area (TPSA) is 58.4 Å². The molecule has 0 spiro atoms. The molecule has 0 aliphatic carbocycles. The van der Waals surface area contributed by atoms with Crippen molar-refractivity contribution in [2.24, 2.45) is 11.8 Å². The average molecular weight is 247 g/mol. The molecule has 1 aliphatic heterocycles. The molecule has 2 unspecified atom stereocenters. The van der Waals surface area contributed by atoms with Crippen molar-refractivity contribution in [1.29, 1.82) is 0 Å². The number of hydrogen-bond donors (Lipinski definition) is 2. The molecule has 1 amide bonds. The Kier molecular flexibility index (Phi) is 3.87. The number of hydrazine groups is 1. The fraction of sp³-hybridized carbons (Fsp3) is 0.500. The molecule has 1 saturated heterocycles. The van der Waals surface area contributed by atoms with Gasteiger partial charge in [0, 0.05) is 23.8 Å². The Balaban J connectivity index is 2.14. The molecule has 0 saturated carbocycles. The third kappa shape index (κ3) is 2.48. The molecule has 1 heterocycles. The molecule has 18 heavy (non-hydrogen) atoms. The largest absolute Gasteiger partial charge is 0.336 e. The van der Waals surface area contributed by atoms with Crippen LogP contribution in [0.2, 0.25) is 0 Å². The van der Waals surface area contributed by atoms with Crippen LogP contribution in [0, 0.1) is 5.92 Å². The second-order valence-electron chi connectivity index (χ2n) is 5.08. The van der Waals surface area contributed by atoms with E-state index < -0.39 is 0 Å². The van der Waals surface area contributed by atoms with Gasteiger partial charge in [0.25, 0.3) is 5.91 Å². The van der Waals surface area contributed by atoms with E-state index in [1.807, 2.05) is 29.2 Å². The number of anilines is 1. The summed E-state index contributed by atoms with van der Waals surface area (Å²) in [5, 5.41) is 0. The summed E-state index contributed by atoms with van der Waals surface area (Å²) in [4.78, 5) is 14.4. The highest BCUT2D eigenvalue weighted by Gasteiger charge is 2.28. The lowest BCUT2D eigenvalue weighted by Gasteiger charge is -2.38. The highest BCUT2D eigenvalue weighted by atomic mass is 16.2. The van der Waals surface area contributed by atoms with Crippen LogP contribution in [-0.2, 0) is 0 Å². The van der Waals surface area contributed by atoms with Crippen molar-refractivity contribution in [2.45, 2.75) is 32.7 Å². The van der Waals surface area contributed by atoms with Gasteiger partial charge in [-0.25, -0.2) is 0 Å². The van der Waals surface area contributed by atoms with Gasteiger partial charge in [-0.3, -0.25) is 10.6 Å². The van der Waals surface area contributed by atoms with Crippen molar-refractivity contribution in [2.75, 3.05) is 12.0 Å². The maximum absolute atomic E-state index is 12.4. The van der Waals surface area contributed by atoms with Gasteiger partial charge in [0.05, 0.1) is 0 Å². The summed E-state index contributed by atoms with van der Waals surface area (Å²) < 4.78 is 0. The molecule has 4 nitrogen and oxygen atoms in total. The number of nitrogens with one attached hydrogen (secondary N) is 1. The van der Waals surface area contributed by atoms with E-state index in [1.165, 1.54) is 6.42 Å². The molecule has 1 fully saturated rings. The number of likely N-dealkylation sites (tertiary alicyclic amines) is 1. The minimum atomic E-state index is 0.123. The number of piperidine rings is 1. The van der Waals surface area contributed by atoms with E-state index in [0.717, 1.165) is 24.2 Å². The van der Waals surface area contributed by atoms with Crippen LogP contribution >= 0.6 is 0 Å². The predicted octanol–water partition coefficient (Wildman–Crippen LogP) is 2.23. The zero-order valence-corrected chi connectivity index (χ0v) is 11.0. The summed E-state index contributed by atoms with van der Waals surface area (Å²) in [5.41, 5.74) is 4.11. The molecule has 4 heteroatoms. The van der Waals surface area contributed by atoms with Crippen LogP contribution in [-0.4, -0.2) is 23.4 Å². The Morgan fingerprint density at radius 2 is 2.00 bits per heavy atom. The van der Waals surface area contributed by atoms with Crippen molar-refractivity contribution >= 4 is 11.6 Å². The van der Waals surface area contributed by atoms with Gasteiger partial charge >= 0.3 is 0 Å². The highest BCUT2D eigenvalue weighted by Crippen LogP contribution is 2.24. The van der Waals surface area contributed by atoms with Crippen molar-refractivity contribution in [3.8, 4) is 0 Å². The Bertz CT molecular complexity index is 416. The molecule has 0 aromatic heterocycles. The van der Waals surface area contributed by atoms with Gasteiger partial charge in [0.15, 0.2) is 0 Å². The molecule has 0 radical (unpaired) electrons. The van der Waals surface area contributed by atoms with Gasteiger partial charge < -0.3 is 10.3 Å². The summed E-state index contributed by atoms with van der Waals surface area (Å²) in [5.74, 6) is 6.01. The van der Waals surface area contributed by atoms with Gasteiger partial charge in [-0.05, 0) is 49.9 Å². The van der Waals surface area contributed by atoms with Crippen LogP contribution in [0.25, 0.3) is 0 Å². The summed E-state index contributed by atoms with van der Waals surface area (Å²) in [6.07, 6.45) is 2.31. The molecular formula is C14H21N3O. The Labute approximate surface area is 108 Å². The molecule has 3 N–H and O–H groups in total. The van der Waals surface area contributed by atoms with Crippen LogP contribution in [0.1, 0.15) is 37.0 Å². The van der Waals surface area contributed by atoms with E-state index in [2.05, 4.69) is 19.3 Å². The average Bonchev–Trinajstić information content (AvgIpc) is 2.41. The zero-order chi connectivity index (χ0) is 13.1. The van der Waals surface area contributed by atoms with Crippen LogP contribution < -0.4 is 11.3 Å². The Hall–Kier alpha value is -1.55. The highest BCUT2D eigenvalue weighted by molar-refractivity contribution is 5.94. The van der Waals surface area contributed by atoms with Crippen molar-refractivity contribution in [3.05, 3.63) is 29.8 Å². The second kappa shape index (κ2) is 5.40. The van der Waals surface area contributed by atoms with E-state index >= 15 is 0 Å². The number of amides is 1. The first-order valence-corrected chi connectivity index (χ1v) is 6.51. The van der Waals surface area contributed by atoms with Gasteiger partial charge in [0.1, 0.15) is 0 Å². The van der Waals surface area contributed by atoms with Crippen LogP contribution in [0.5, 0.6) is 0 Å².